The van der Waals surface area contributed by atoms with Crippen LogP contribution in [-0.4, -0.2) is 46.4 Å². The van der Waals surface area contributed by atoms with Gasteiger partial charge in [0, 0.05) is 5.92 Å². The van der Waals surface area contributed by atoms with Crippen LogP contribution in [0.3, 0.4) is 0 Å². The van der Waals surface area contributed by atoms with Crippen LogP contribution in [0.5, 0.6) is 0 Å². The molecule has 0 amide bonds. The minimum absolute atomic E-state index is 0. The molecule has 1 heterocycles. The molecule has 8 N–H and O–H groups in total. The fourth-order valence-electron chi connectivity index (χ4n) is 3.88. The van der Waals surface area contributed by atoms with Crippen molar-refractivity contribution < 1.29 is 21.9 Å². The second kappa shape index (κ2) is 16.9. The Bertz CT molecular complexity index is 556. The van der Waals surface area contributed by atoms with Crippen LogP contribution in [-0.2, 0) is 0 Å². The van der Waals surface area contributed by atoms with E-state index in [-0.39, 0.29) is 21.9 Å². The predicted molar refractivity (Wildman–Crippen MR) is 119 cm³/mol. The van der Waals surface area contributed by atoms with Crippen molar-refractivity contribution in [2.75, 3.05) is 19.6 Å². The molecule has 0 atom stereocenters. The minimum Gasteiger partial charge on any atom is -0.412 e. The lowest BCUT2D eigenvalue weighted by Gasteiger charge is -2.36. The van der Waals surface area contributed by atoms with Gasteiger partial charge < -0.3 is 26.8 Å². The van der Waals surface area contributed by atoms with Crippen molar-refractivity contribution in [2.24, 2.45) is 5.92 Å². The standard InChI is InChI=1S/C21H27N.C2H2.4H2O/c1-2-15-22-16-13-20(14-17-22)21(18-9-5-3-6-10-18)19-11-7-4-8-12-19;1-2;;;;/h3-12,20-21H,2,13-17H2,1H3;1-2H;4*1H2. The molecule has 2 aromatic carbocycles. The second-order valence-electron chi connectivity index (χ2n) is 6.48. The summed E-state index contributed by atoms with van der Waals surface area (Å²) in [5.74, 6) is 1.31. The van der Waals surface area contributed by atoms with Crippen LogP contribution in [0.2, 0.25) is 0 Å². The van der Waals surface area contributed by atoms with E-state index in [9.17, 15) is 0 Å². The second-order valence-corrected chi connectivity index (χ2v) is 6.48. The third-order valence-electron chi connectivity index (χ3n) is 4.96. The zero-order chi connectivity index (χ0) is 17.2. The monoisotopic (exact) mass is 391 g/mol. The van der Waals surface area contributed by atoms with Crippen LogP contribution in [0.15, 0.2) is 60.7 Å². The van der Waals surface area contributed by atoms with Gasteiger partial charge in [-0.2, -0.15) is 0 Å². The normalized spacial score (nSPS) is 13.4. The van der Waals surface area contributed by atoms with Gasteiger partial charge in [-0.3, -0.25) is 0 Å². The van der Waals surface area contributed by atoms with E-state index in [1.807, 2.05) is 0 Å². The van der Waals surface area contributed by atoms with Crippen LogP contribution in [0.25, 0.3) is 0 Å². The van der Waals surface area contributed by atoms with E-state index >= 15 is 0 Å². The number of hydrogen-bond donors (Lipinski definition) is 0. The average Bonchev–Trinajstić information content (AvgIpc) is 2.67. The zero-order valence-electron chi connectivity index (χ0n) is 16.8. The Morgan fingerprint density at radius 1 is 0.786 bits per heavy atom. The third-order valence-corrected chi connectivity index (χ3v) is 4.96. The molecule has 1 fully saturated rings. The van der Waals surface area contributed by atoms with Gasteiger partial charge in [0.2, 0.25) is 0 Å². The van der Waals surface area contributed by atoms with Gasteiger partial charge in [-0.15, -0.1) is 12.8 Å². The lowest BCUT2D eigenvalue weighted by Crippen LogP contribution is -2.36. The van der Waals surface area contributed by atoms with Crippen LogP contribution >= 0.6 is 0 Å². The largest absolute Gasteiger partial charge is 0.412 e. The zero-order valence-corrected chi connectivity index (χ0v) is 16.8. The lowest BCUT2D eigenvalue weighted by atomic mass is 9.76. The molecule has 1 aliphatic heterocycles. The number of nitrogens with zero attached hydrogens (tertiary/aromatic N) is 1. The smallest absolute Gasteiger partial charge is 0.0119 e. The highest BCUT2D eigenvalue weighted by Gasteiger charge is 2.28. The molecule has 2 aromatic rings. The molecule has 1 aliphatic rings. The van der Waals surface area contributed by atoms with Crippen molar-refractivity contribution in [3.05, 3.63) is 71.8 Å². The first-order chi connectivity index (χ1) is 11.9. The quantitative estimate of drug-likeness (QED) is 0.708. The van der Waals surface area contributed by atoms with E-state index in [0.29, 0.717) is 5.92 Å². The molecule has 0 bridgehead atoms. The number of piperidine rings is 1. The summed E-state index contributed by atoms with van der Waals surface area (Å²) in [5.41, 5.74) is 2.95. The topological polar surface area (TPSA) is 129 Å². The molecular formula is C23H37NO4. The van der Waals surface area contributed by atoms with E-state index in [4.69, 9.17) is 0 Å². The Labute approximate surface area is 169 Å². The van der Waals surface area contributed by atoms with E-state index in [0.717, 1.165) is 5.92 Å². The molecule has 28 heavy (non-hydrogen) atoms. The molecule has 0 spiro atoms. The number of hydrogen-bond acceptors (Lipinski definition) is 1. The van der Waals surface area contributed by atoms with Crippen molar-refractivity contribution >= 4 is 0 Å². The first-order valence-corrected chi connectivity index (χ1v) is 9.04. The Morgan fingerprint density at radius 3 is 1.54 bits per heavy atom. The average molecular weight is 392 g/mol. The summed E-state index contributed by atoms with van der Waals surface area (Å²) in [5, 5.41) is 0. The Hall–Kier alpha value is -2.20. The van der Waals surface area contributed by atoms with Gasteiger partial charge in [-0.1, -0.05) is 67.6 Å². The number of benzene rings is 2. The third kappa shape index (κ3) is 8.22. The summed E-state index contributed by atoms with van der Waals surface area (Å²) in [4.78, 5) is 2.63. The highest BCUT2D eigenvalue weighted by molar-refractivity contribution is 5.33. The van der Waals surface area contributed by atoms with Crippen molar-refractivity contribution in [2.45, 2.75) is 32.1 Å². The molecule has 0 unspecified atom stereocenters. The molecule has 3 rings (SSSR count). The van der Waals surface area contributed by atoms with E-state index in [1.165, 1.54) is 50.0 Å². The molecule has 0 aliphatic carbocycles. The van der Waals surface area contributed by atoms with Crippen LogP contribution in [0, 0.1) is 18.8 Å². The molecule has 0 saturated carbocycles. The predicted octanol–water partition coefficient (Wildman–Crippen LogP) is 1.89. The van der Waals surface area contributed by atoms with Gasteiger partial charge >= 0.3 is 0 Å². The van der Waals surface area contributed by atoms with Crippen molar-refractivity contribution in [1.82, 2.24) is 4.90 Å². The van der Waals surface area contributed by atoms with Gasteiger partial charge in [0.25, 0.3) is 0 Å². The summed E-state index contributed by atoms with van der Waals surface area (Å²) in [7, 11) is 0. The first-order valence-electron chi connectivity index (χ1n) is 9.04. The van der Waals surface area contributed by atoms with Crippen LogP contribution < -0.4 is 0 Å². The van der Waals surface area contributed by atoms with E-state index in [2.05, 4.69) is 85.3 Å². The molecule has 0 radical (unpaired) electrons. The van der Waals surface area contributed by atoms with E-state index < -0.39 is 0 Å². The molecule has 158 valence electrons. The molecule has 5 nitrogen and oxygen atoms in total. The maximum Gasteiger partial charge on any atom is 0.0119 e. The van der Waals surface area contributed by atoms with Crippen molar-refractivity contribution in [1.29, 1.82) is 0 Å². The minimum atomic E-state index is 0. The summed E-state index contributed by atoms with van der Waals surface area (Å²) in [6.07, 6.45) is 11.9. The molecule has 1 saturated heterocycles. The van der Waals surface area contributed by atoms with Crippen LogP contribution in [0.4, 0.5) is 0 Å². The maximum absolute atomic E-state index is 4.00. The van der Waals surface area contributed by atoms with Gasteiger partial charge in [0.05, 0.1) is 0 Å². The molecular weight excluding hydrogens is 354 g/mol. The Morgan fingerprint density at radius 2 is 1.18 bits per heavy atom. The van der Waals surface area contributed by atoms with Crippen molar-refractivity contribution in [3.8, 4) is 12.8 Å². The highest BCUT2D eigenvalue weighted by Crippen LogP contribution is 2.37. The van der Waals surface area contributed by atoms with Gasteiger partial charge in [-0.25, -0.2) is 0 Å². The lowest BCUT2D eigenvalue weighted by molar-refractivity contribution is 0.175. The summed E-state index contributed by atoms with van der Waals surface area (Å²) in [6.45, 7) is 6.06. The maximum atomic E-state index is 4.00. The molecule has 5 heteroatoms. The first kappa shape index (κ1) is 30.5. The van der Waals surface area contributed by atoms with Crippen LogP contribution in [0.1, 0.15) is 43.2 Å². The Kier molecular flexibility index (Phi) is 18.5. The summed E-state index contributed by atoms with van der Waals surface area (Å²) < 4.78 is 0. The summed E-state index contributed by atoms with van der Waals surface area (Å²) in [6, 6.07) is 22.2. The van der Waals surface area contributed by atoms with Gasteiger partial charge in [-0.05, 0) is 55.9 Å². The number of terminal acetylenes is 1. The van der Waals surface area contributed by atoms with Gasteiger partial charge in [0.1, 0.15) is 0 Å². The summed E-state index contributed by atoms with van der Waals surface area (Å²) >= 11 is 0. The van der Waals surface area contributed by atoms with Crippen molar-refractivity contribution in [3.63, 3.8) is 0 Å². The molecule has 0 aromatic heterocycles. The number of rotatable bonds is 5. The highest BCUT2D eigenvalue weighted by atomic mass is 16.0. The van der Waals surface area contributed by atoms with E-state index in [1.54, 1.807) is 0 Å². The number of likely N-dealkylation sites (tertiary alicyclic amines) is 1. The SMILES string of the molecule is C#C.CCCN1CCC(C(c2ccccc2)c2ccccc2)CC1.O.O.O.O. The fraction of sp³-hybridized carbons (Fsp3) is 0.391. The van der Waals surface area contributed by atoms with Gasteiger partial charge in [0.15, 0.2) is 0 Å². The fourth-order valence-corrected chi connectivity index (χ4v) is 3.88. The Balaban J connectivity index is -0.00000101.